The van der Waals surface area contributed by atoms with Crippen molar-refractivity contribution >= 4 is 52.4 Å². The van der Waals surface area contributed by atoms with Gasteiger partial charge in [-0.2, -0.15) is 0 Å². The van der Waals surface area contributed by atoms with E-state index in [-0.39, 0.29) is 37.2 Å². The van der Waals surface area contributed by atoms with Crippen molar-refractivity contribution in [2.75, 3.05) is 18.6 Å². The van der Waals surface area contributed by atoms with Crippen molar-refractivity contribution in [2.45, 2.75) is 84.5 Å². The maximum Gasteiger partial charge on any atom is 0.316 e. The van der Waals surface area contributed by atoms with Crippen LogP contribution in [-0.4, -0.2) is 71.4 Å². The summed E-state index contributed by atoms with van der Waals surface area (Å²) in [6.45, 7) is 9.04. The van der Waals surface area contributed by atoms with Crippen LogP contribution in [0.25, 0.3) is 17.0 Å². The van der Waals surface area contributed by atoms with Crippen LogP contribution in [-0.2, 0) is 28.7 Å². The van der Waals surface area contributed by atoms with Crippen LogP contribution >= 0.6 is 0 Å². The molecule has 4 atom stereocenters. The number of hydrogen-bond acceptors (Lipinski definition) is 9. The first kappa shape index (κ1) is 37.9. The zero-order chi connectivity index (χ0) is 37.6. The molecule has 13 nitrogen and oxygen atoms in total. The zero-order valence-electron chi connectivity index (χ0n) is 30.6. The van der Waals surface area contributed by atoms with Gasteiger partial charge in [0.2, 0.25) is 5.91 Å². The topological polar surface area (TPSA) is 162 Å². The predicted octanol–water partition coefficient (Wildman–Crippen LogP) is 3.96. The molecule has 52 heavy (non-hydrogen) atoms. The molecule has 0 aliphatic carbocycles. The van der Waals surface area contributed by atoms with Crippen molar-refractivity contribution < 1.29 is 28.7 Å². The van der Waals surface area contributed by atoms with Gasteiger partial charge in [-0.25, -0.2) is 10.4 Å². The number of aromatic nitrogens is 1. The van der Waals surface area contributed by atoms with Gasteiger partial charge in [-0.1, -0.05) is 68.5 Å². The third-order valence-corrected chi connectivity index (χ3v) is 9.36. The Labute approximate surface area is 304 Å². The van der Waals surface area contributed by atoms with Gasteiger partial charge in [0.1, 0.15) is 17.9 Å². The molecule has 1 aromatic heterocycles. The summed E-state index contributed by atoms with van der Waals surface area (Å²) in [6, 6.07) is 16.7. The highest BCUT2D eigenvalue weighted by atomic mass is 16.5. The van der Waals surface area contributed by atoms with E-state index >= 15 is 0 Å². The number of nitrogens with zero attached hydrogens (tertiary/aromatic N) is 3. The van der Waals surface area contributed by atoms with Crippen molar-refractivity contribution in [3.05, 3.63) is 77.9 Å². The molecule has 276 valence electrons. The summed E-state index contributed by atoms with van der Waals surface area (Å²) in [4.78, 5) is 72.9. The summed E-state index contributed by atoms with van der Waals surface area (Å²) in [5, 5.41) is 9.48. The second kappa shape index (κ2) is 16.4. The number of anilines is 1. The number of amides is 4. The Morgan fingerprint density at radius 1 is 1.02 bits per heavy atom. The lowest BCUT2D eigenvalue weighted by Gasteiger charge is -2.36. The summed E-state index contributed by atoms with van der Waals surface area (Å²) in [5.74, 6) is -2.39. The quantitative estimate of drug-likeness (QED) is 0.278. The van der Waals surface area contributed by atoms with E-state index in [2.05, 4.69) is 21.5 Å². The smallest absolute Gasteiger partial charge is 0.316 e. The van der Waals surface area contributed by atoms with Gasteiger partial charge in [0.05, 0.1) is 17.0 Å². The number of rotatable bonds is 6. The number of fused-ring (bicyclic) bond motifs is 4. The number of carbonyl (C=O) groups excluding carboxylic acids is 5. The molecule has 5 rings (SSSR count). The van der Waals surface area contributed by atoms with Crippen molar-refractivity contribution in [1.82, 2.24) is 31.5 Å². The molecule has 2 aliphatic heterocycles. The van der Waals surface area contributed by atoms with E-state index < -0.39 is 47.3 Å². The molecule has 2 aliphatic rings. The lowest BCUT2D eigenvalue weighted by molar-refractivity contribution is -0.165. The monoisotopic (exact) mass is 711 g/mol. The number of carbonyl (C=O) groups is 5. The van der Waals surface area contributed by atoms with Gasteiger partial charge < -0.3 is 15.4 Å². The average Bonchev–Trinajstić information content (AvgIpc) is 3.13. The molecule has 0 saturated carbocycles. The van der Waals surface area contributed by atoms with Crippen LogP contribution in [0.4, 0.5) is 5.82 Å². The Morgan fingerprint density at radius 3 is 2.48 bits per heavy atom. The Hall–Kier alpha value is -5.30. The van der Waals surface area contributed by atoms with E-state index in [9.17, 15) is 24.0 Å². The van der Waals surface area contributed by atoms with Gasteiger partial charge in [0.25, 0.3) is 17.7 Å². The number of esters is 1. The van der Waals surface area contributed by atoms with Crippen LogP contribution in [0.5, 0.6) is 0 Å². The van der Waals surface area contributed by atoms with E-state index in [1.165, 1.54) is 10.0 Å². The maximum absolute atomic E-state index is 14.1. The number of hydrogen-bond donors (Lipinski definition) is 4. The molecule has 4 amide bonds. The largest absolute Gasteiger partial charge is 0.451 e. The van der Waals surface area contributed by atoms with E-state index in [1.54, 1.807) is 53.0 Å². The minimum absolute atomic E-state index is 0.0324. The molecule has 4 N–H and O–H groups in total. The summed E-state index contributed by atoms with van der Waals surface area (Å²) in [7, 11) is 1.69. The fourth-order valence-corrected chi connectivity index (χ4v) is 6.09. The van der Waals surface area contributed by atoms with Crippen molar-refractivity contribution in [3.63, 3.8) is 0 Å². The third kappa shape index (κ3) is 9.32. The minimum Gasteiger partial charge on any atom is -0.451 e. The Morgan fingerprint density at radius 2 is 1.75 bits per heavy atom. The second-order valence-corrected chi connectivity index (χ2v) is 14.4. The molecule has 0 spiro atoms. The Balaban J connectivity index is 1.44. The van der Waals surface area contributed by atoms with Crippen LogP contribution in [0, 0.1) is 11.3 Å². The van der Waals surface area contributed by atoms with Crippen LogP contribution in [0.3, 0.4) is 0 Å². The molecule has 1 fully saturated rings. The summed E-state index contributed by atoms with van der Waals surface area (Å²) in [5.41, 5.74) is 7.19. The zero-order valence-corrected chi connectivity index (χ0v) is 30.6. The average molecular weight is 712 g/mol. The Bertz CT molecular complexity index is 1830. The molecular weight excluding hydrogens is 662 g/mol. The molecule has 0 unspecified atom stereocenters. The van der Waals surface area contributed by atoms with Gasteiger partial charge in [-0.15, -0.1) is 0 Å². The molecule has 1 saturated heterocycles. The van der Waals surface area contributed by atoms with Gasteiger partial charge in [-0.3, -0.25) is 39.4 Å². The van der Waals surface area contributed by atoms with Crippen molar-refractivity contribution in [2.24, 2.45) is 11.3 Å². The number of pyridine rings is 1. The molecule has 3 heterocycles. The van der Waals surface area contributed by atoms with E-state index in [1.807, 2.05) is 61.5 Å². The van der Waals surface area contributed by atoms with Crippen LogP contribution in [0.15, 0.2) is 66.7 Å². The number of hydrazine groups is 2. The second-order valence-electron chi connectivity index (χ2n) is 14.4. The first-order valence-corrected chi connectivity index (χ1v) is 17.8. The van der Waals surface area contributed by atoms with E-state index in [4.69, 9.17) is 9.72 Å². The first-order valence-electron chi connectivity index (χ1n) is 17.8. The molecular formula is C39H49N7O6. The highest BCUT2D eigenvalue weighted by Crippen LogP contribution is 2.26. The number of benzene rings is 2. The van der Waals surface area contributed by atoms with Crippen LogP contribution < -0.4 is 26.5 Å². The fraction of sp³-hybridized carbons (Fsp3) is 0.436. The molecule has 5 bridgehead atoms. The maximum atomic E-state index is 14.1. The molecule has 13 heteroatoms. The van der Waals surface area contributed by atoms with Gasteiger partial charge in [0.15, 0.2) is 6.10 Å². The molecule has 3 aromatic rings. The molecule has 0 radical (unpaired) electrons. The molecule has 2 aromatic carbocycles. The van der Waals surface area contributed by atoms with Gasteiger partial charge >= 0.3 is 5.97 Å². The van der Waals surface area contributed by atoms with Crippen LogP contribution in [0.1, 0.15) is 77.5 Å². The minimum atomic E-state index is -1.22. The predicted molar refractivity (Wildman–Crippen MR) is 198 cm³/mol. The van der Waals surface area contributed by atoms with E-state index in [0.29, 0.717) is 24.2 Å². The third-order valence-electron chi connectivity index (χ3n) is 9.36. The SMILES string of the molecule is CC(C)[C@@H]1OC(=O)C(C)(C)/C=C/c2ccc3ccc(nc3c2)N(C)NC(=O)[C@@H]2CCCN(N2)C(=O)[C@H](CCC(=O)N[C@H](C)c2ccccc2)NC1=O. The van der Waals surface area contributed by atoms with Crippen molar-refractivity contribution in [1.29, 1.82) is 0 Å². The Kier molecular flexibility index (Phi) is 11.9. The van der Waals surface area contributed by atoms with E-state index in [0.717, 1.165) is 16.5 Å². The standard InChI is InChI=1S/C39H49N7O6/c1-24(2)34-36(49)42-30(17-19-33(47)40-25(3)27-11-8-7-9-12-27)37(50)46-22-10-13-29(43-46)35(48)44-45(6)32-18-16-28-15-14-26(23-31(28)41-32)20-21-39(4,5)38(51)52-34/h7-9,11-12,14-16,18,20-21,23-25,29-30,34,43H,10,13,17,19,22H2,1-6H3,(H,40,47)(H,42,49)(H,44,48)/b21-20+/t25-,29+,30+,34+/m1/s1. The van der Waals surface area contributed by atoms with Crippen molar-refractivity contribution in [3.8, 4) is 0 Å². The summed E-state index contributed by atoms with van der Waals surface area (Å²) in [6.07, 6.45) is 3.16. The highest BCUT2D eigenvalue weighted by molar-refractivity contribution is 5.92. The number of ether oxygens (including phenoxy) is 1. The number of cyclic esters (lactones) is 1. The lowest BCUT2D eigenvalue weighted by Crippen LogP contribution is -2.62. The van der Waals surface area contributed by atoms with Gasteiger partial charge in [-0.05, 0) is 75.3 Å². The normalized spacial score (nSPS) is 22.7. The first-order chi connectivity index (χ1) is 24.7. The number of nitrogens with one attached hydrogen (secondary N) is 4. The summed E-state index contributed by atoms with van der Waals surface area (Å²) >= 11 is 0. The van der Waals surface area contributed by atoms with Gasteiger partial charge in [0, 0.05) is 25.4 Å². The highest BCUT2D eigenvalue weighted by Gasteiger charge is 2.37. The summed E-state index contributed by atoms with van der Waals surface area (Å²) < 4.78 is 5.84. The fourth-order valence-electron chi connectivity index (χ4n) is 6.09. The lowest BCUT2D eigenvalue weighted by atomic mass is 9.92. The van der Waals surface area contributed by atoms with Crippen LogP contribution in [0.2, 0.25) is 0 Å².